The summed E-state index contributed by atoms with van der Waals surface area (Å²) in [6, 6.07) is 14.3. The van der Waals surface area contributed by atoms with E-state index in [9.17, 15) is 4.79 Å². The van der Waals surface area contributed by atoms with Crippen molar-refractivity contribution in [1.29, 1.82) is 0 Å². The van der Waals surface area contributed by atoms with Crippen LogP contribution in [0.15, 0.2) is 48.5 Å². The molecule has 21 heavy (non-hydrogen) atoms. The Morgan fingerprint density at radius 2 is 1.71 bits per heavy atom. The summed E-state index contributed by atoms with van der Waals surface area (Å²) in [6.45, 7) is 0.510. The zero-order chi connectivity index (χ0) is 15.1. The summed E-state index contributed by atoms with van der Waals surface area (Å²) in [4.78, 5) is 11.9. The van der Waals surface area contributed by atoms with Crippen LogP contribution in [-0.2, 0) is 11.3 Å². The van der Waals surface area contributed by atoms with Gasteiger partial charge >= 0.3 is 6.03 Å². The van der Waals surface area contributed by atoms with Gasteiger partial charge in [-0.2, -0.15) is 0 Å². The molecule has 0 aliphatic carbocycles. The summed E-state index contributed by atoms with van der Waals surface area (Å²) in [6.07, 6.45) is 0. The fourth-order valence-corrected chi connectivity index (χ4v) is 1.87. The molecule has 2 rings (SSSR count). The Bertz CT molecular complexity index is 597. The third-order valence-electron chi connectivity index (χ3n) is 2.84. The van der Waals surface area contributed by atoms with E-state index < -0.39 is 0 Å². The molecule has 0 heterocycles. The molecule has 0 aliphatic heterocycles. The highest BCUT2D eigenvalue weighted by Gasteiger charge is 2.03. The van der Waals surface area contributed by atoms with Gasteiger partial charge in [0.2, 0.25) is 0 Å². The lowest BCUT2D eigenvalue weighted by atomic mass is 10.2. The van der Waals surface area contributed by atoms with Gasteiger partial charge < -0.3 is 20.1 Å². The highest BCUT2D eigenvalue weighted by molar-refractivity contribution is 5.99. The van der Waals surface area contributed by atoms with Crippen molar-refractivity contribution < 1.29 is 14.3 Å². The Morgan fingerprint density at radius 1 is 1.00 bits per heavy atom. The lowest BCUT2D eigenvalue weighted by molar-refractivity contribution is 0.185. The lowest BCUT2D eigenvalue weighted by Crippen LogP contribution is -2.19. The number of rotatable bonds is 5. The molecule has 0 aliphatic rings. The second kappa shape index (κ2) is 7.31. The van der Waals surface area contributed by atoms with Gasteiger partial charge in [-0.3, -0.25) is 0 Å². The van der Waals surface area contributed by atoms with Crippen LogP contribution >= 0.6 is 0 Å². The van der Waals surface area contributed by atoms with Crippen molar-refractivity contribution in [1.82, 2.24) is 0 Å². The van der Waals surface area contributed by atoms with E-state index in [-0.39, 0.29) is 6.03 Å². The molecular weight excluding hydrogens is 268 g/mol. The second-order valence-electron chi connectivity index (χ2n) is 4.44. The first kappa shape index (κ1) is 14.9. The number of hydrogen-bond donors (Lipinski definition) is 2. The van der Waals surface area contributed by atoms with Gasteiger partial charge in [0.15, 0.2) is 0 Å². The first-order valence-corrected chi connectivity index (χ1v) is 6.51. The van der Waals surface area contributed by atoms with Crippen molar-refractivity contribution in [3.63, 3.8) is 0 Å². The van der Waals surface area contributed by atoms with Crippen molar-refractivity contribution in [2.45, 2.75) is 6.61 Å². The summed E-state index contributed by atoms with van der Waals surface area (Å²) < 4.78 is 10.1. The lowest BCUT2D eigenvalue weighted by Gasteiger charge is -2.09. The number of amides is 2. The third-order valence-corrected chi connectivity index (χ3v) is 2.84. The molecule has 2 aromatic rings. The first-order valence-electron chi connectivity index (χ1n) is 6.51. The van der Waals surface area contributed by atoms with Gasteiger partial charge in [0.1, 0.15) is 5.75 Å². The minimum Gasteiger partial charge on any atom is -0.497 e. The third kappa shape index (κ3) is 4.50. The van der Waals surface area contributed by atoms with Crippen LogP contribution in [0.4, 0.5) is 16.2 Å². The fraction of sp³-hybridized carbons (Fsp3) is 0.188. The maximum absolute atomic E-state index is 11.9. The van der Waals surface area contributed by atoms with Crippen LogP contribution in [0.1, 0.15) is 5.56 Å². The van der Waals surface area contributed by atoms with E-state index in [0.29, 0.717) is 12.3 Å². The summed E-state index contributed by atoms with van der Waals surface area (Å²) in [5.41, 5.74) is 2.41. The molecule has 0 saturated heterocycles. The molecule has 5 nitrogen and oxygen atoms in total. The summed E-state index contributed by atoms with van der Waals surface area (Å²) in [5.74, 6) is 0.744. The molecule has 2 aromatic carbocycles. The largest absolute Gasteiger partial charge is 0.497 e. The molecular formula is C16H18N2O3. The zero-order valence-corrected chi connectivity index (χ0v) is 12.1. The van der Waals surface area contributed by atoms with Gasteiger partial charge in [0.05, 0.1) is 13.7 Å². The number of ether oxygens (including phenoxy) is 2. The van der Waals surface area contributed by atoms with Crippen LogP contribution in [0, 0.1) is 0 Å². The zero-order valence-electron chi connectivity index (χ0n) is 12.1. The van der Waals surface area contributed by atoms with E-state index in [4.69, 9.17) is 9.47 Å². The standard InChI is InChI=1S/C16H18N2O3/c1-20-11-12-4-3-5-14(10-12)18-16(19)17-13-6-8-15(21-2)9-7-13/h3-10H,11H2,1-2H3,(H2,17,18,19). The molecule has 0 fully saturated rings. The van der Waals surface area contributed by atoms with Gasteiger partial charge in [0, 0.05) is 18.5 Å². The number of hydrogen-bond acceptors (Lipinski definition) is 3. The Morgan fingerprint density at radius 3 is 2.38 bits per heavy atom. The number of urea groups is 1. The van der Waals surface area contributed by atoms with Gasteiger partial charge in [-0.15, -0.1) is 0 Å². The van der Waals surface area contributed by atoms with E-state index in [0.717, 1.165) is 17.0 Å². The predicted molar refractivity (Wildman–Crippen MR) is 82.8 cm³/mol. The van der Waals surface area contributed by atoms with Crippen molar-refractivity contribution in [2.75, 3.05) is 24.9 Å². The van der Waals surface area contributed by atoms with Crippen LogP contribution in [0.25, 0.3) is 0 Å². The predicted octanol–water partition coefficient (Wildman–Crippen LogP) is 3.49. The minimum atomic E-state index is -0.297. The van der Waals surface area contributed by atoms with Crippen LogP contribution in [0.2, 0.25) is 0 Å². The molecule has 2 amide bonds. The second-order valence-corrected chi connectivity index (χ2v) is 4.44. The first-order chi connectivity index (χ1) is 10.2. The smallest absolute Gasteiger partial charge is 0.323 e. The Hall–Kier alpha value is -2.53. The molecule has 0 unspecified atom stereocenters. The van der Waals surface area contributed by atoms with Crippen LogP contribution in [0.3, 0.4) is 0 Å². The van der Waals surface area contributed by atoms with E-state index in [2.05, 4.69) is 10.6 Å². The maximum atomic E-state index is 11.9. The monoisotopic (exact) mass is 286 g/mol. The number of benzene rings is 2. The van der Waals surface area contributed by atoms with Gasteiger partial charge in [-0.25, -0.2) is 4.79 Å². The number of carbonyl (C=O) groups is 1. The molecule has 0 bridgehead atoms. The average molecular weight is 286 g/mol. The van der Waals surface area contributed by atoms with Gasteiger partial charge in [-0.1, -0.05) is 12.1 Å². The molecule has 0 atom stereocenters. The molecule has 0 spiro atoms. The SMILES string of the molecule is COCc1cccc(NC(=O)Nc2ccc(OC)cc2)c1. The molecule has 5 heteroatoms. The fourth-order valence-electron chi connectivity index (χ4n) is 1.87. The van der Waals surface area contributed by atoms with E-state index in [1.807, 2.05) is 24.3 Å². The molecule has 2 N–H and O–H groups in total. The normalized spacial score (nSPS) is 10.0. The van der Waals surface area contributed by atoms with E-state index in [1.165, 1.54) is 0 Å². The van der Waals surface area contributed by atoms with E-state index in [1.54, 1.807) is 38.5 Å². The minimum absolute atomic E-state index is 0.297. The Kier molecular flexibility index (Phi) is 5.17. The van der Waals surface area contributed by atoms with Crippen molar-refractivity contribution in [3.05, 3.63) is 54.1 Å². The molecule has 0 saturated carbocycles. The summed E-state index contributed by atoms with van der Waals surface area (Å²) in [7, 11) is 3.23. The average Bonchev–Trinajstić information content (AvgIpc) is 2.48. The Balaban J connectivity index is 1.95. The van der Waals surface area contributed by atoms with Crippen LogP contribution < -0.4 is 15.4 Å². The number of anilines is 2. The number of nitrogens with one attached hydrogen (secondary N) is 2. The number of carbonyl (C=O) groups excluding carboxylic acids is 1. The molecule has 0 radical (unpaired) electrons. The summed E-state index contributed by atoms with van der Waals surface area (Å²) >= 11 is 0. The topological polar surface area (TPSA) is 59.6 Å². The van der Waals surface area contributed by atoms with Gasteiger partial charge in [0.25, 0.3) is 0 Å². The van der Waals surface area contributed by atoms with E-state index >= 15 is 0 Å². The van der Waals surface area contributed by atoms with Crippen molar-refractivity contribution in [3.8, 4) is 5.75 Å². The van der Waals surface area contributed by atoms with Crippen molar-refractivity contribution in [2.24, 2.45) is 0 Å². The van der Waals surface area contributed by atoms with Gasteiger partial charge in [-0.05, 0) is 42.0 Å². The van der Waals surface area contributed by atoms with Crippen LogP contribution in [0.5, 0.6) is 5.75 Å². The van der Waals surface area contributed by atoms with Crippen molar-refractivity contribution >= 4 is 17.4 Å². The highest BCUT2D eigenvalue weighted by Crippen LogP contribution is 2.16. The molecule has 0 aromatic heterocycles. The molecule has 110 valence electrons. The number of methoxy groups -OCH3 is 2. The highest BCUT2D eigenvalue weighted by atomic mass is 16.5. The van der Waals surface area contributed by atoms with Crippen LogP contribution in [-0.4, -0.2) is 20.3 Å². The summed E-state index contributed by atoms with van der Waals surface area (Å²) in [5, 5.41) is 5.54. The Labute approximate surface area is 123 Å². The maximum Gasteiger partial charge on any atom is 0.323 e. The quantitative estimate of drug-likeness (QED) is 0.884.